The minimum Gasteiger partial charge on any atom is -0.497 e. The third-order valence-corrected chi connectivity index (χ3v) is 4.30. The number of carbonyl (C=O) groups is 1. The minimum absolute atomic E-state index is 0.0521. The number of nitrogens with zero attached hydrogens (tertiary/aromatic N) is 1. The first-order valence-corrected chi connectivity index (χ1v) is 8.41. The van der Waals surface area contributed by atoms with E-state index in [9.17, 15) is 4.79 Å². The van der Waals surface area contributed by atoms with Crippen molar-refractivity contribution >= 4 is 17.3 Å². The van der Waals surface area contributed by atoms with Crippen molar-refractivity contribution in [1.29, 1.82) is 0 Å². The summed E-state index contributed by atoms with van der Waals surface area (Å²) < 4.78 is 5.22. The maximum atomic E-state index is 12.4. The van der Waals surface area contributed by atoms with E-state index in [2.05, 4.69) is 15.6 Å². The smallest absolute Gasteiger partial charge is 0.253 e. The minimum atomic E-state index is -0.0521. The van der Waals surface area contributed by atoms with Crippen LogP contribution >= 0.6 is 0 Å². The van der Waals surface area contributed by atoms with E-state index in [1.165, 1.54) is 19.3 Å². The topological polar surface area (TPSA) is 63.2 Å². The van der Waals surface area contributed by atoms with Crippen LogP contribution in [0, 0.1) is 0 Å². The number of amides is 1. The zero-order chi connectivity index (χ0) is 16.8. The largest absolute Gasteiger partial charge is 0.497 e. The summed E-state index contributed by atoms with van der Waals surface area (Å²) in [6.07, 6.45) is 9.11. The predicted molar refractivity (Wildman–Crippen MR) is 94.9 cm³/mol. The lowest BCUT2D eigenvalue weighted by Gasteiger charge is -2.22. The molecule has 5 nitrogen and oxygen atoms in total. The van der Waals surface area contributed by atoms with Crippen molar-refractivity contribution in [2.24, 2.45) is 0 Å². The maximum absolute atomic E-state index is 12.4. The number of methoxy groups -OCH3 is 1. The normalized spacial score (nSPS) is 14.9. The zero-order valence-electron chi connectivity index (χ0n) is 13.9. The Morgan fingerprint density at radius 3 is 2.75 bits per heavy atom. The SMILES string of the molecule is COc1cccc(Nc2cncc(C(=O)NC3CCCCC3)c2)c1. The average Bonchev–Trinajstić information content (AvgIpc) is 2.63. The lowest BCUT2D eigenvalue weighted by molar-refractivity contribution is 0.0927. The average molecular weight is 325 g/mol. The Bertz CT molecular complexity index is 697. The van der Waals surface area contributed by atoms with Crippen LogP contribution in [0.2, 0.25) is 0 Å². The molecule has 0 radical (unpaired) electrons. The highest BCUT2D eigenvalue weighted by atomic mass is 16.5. The molecular weight excluding hydrogens is 302 g/mol. The molecule has 126 valence electrons. The standard InChI is InChI=1S/C19H23N3O2/c1-24-18-9-5-8-16(11-18)21-17-10-14(12-20-13-17)19(23)22-15-6-3-2-4-7-15/h5,8-13,15,21H,2-4,6-7H2,1H3,(H,22,23). The number of carbonyl (C=O) groups excluding carboxylic acids is 1. The highest BCUT2D eigenvalue weighted by Gasteiger charge is 2.17. The second kappa shape index (κ2) is 7.81. The quantitative estimate of drug-likeness (QED) is 0.875. The van der Waals surface area contributed by atoms with Gasteiger partial charge in [0.15, 0.2) is 0 Å². The molecule has 2 N–H and O–H groups in total. The van der Waals surface area contributed by atoms with Gasteiger partial charge >= 0.3 is 0 Å². The lowest BCUT2D eigenvalue weighted by Crippen LogP contribution is -2.36. The Balaban J connectivity index is 1.67. The molecule has 0 bridgehead atoms. The molecule has 2 aromatic rings. The van der Waals surface area contributed by atoms with Crippen molar-refractivity contribution in [3.8, 4) is 5.75 Å². The van der Waals surface area contributed by atoms with Gasteiger partial charge in [-0.05, 0) is 31.0 Å². The fraction of sp³-hybridized carbons (Fsp3) is 0.368. The fourth-order valence-electron chi connectivity index (χ4n) is 3.02. The van der Waals surface area contributed by atoms with E-state index in [0.29, 0.717) is 11.6 Å². The fourth-order valence-corrected chi connectivity index (χ4v) is 3.02. The number of ether oxygens (including phenoxy) is 1. The van der Waals surface area contributed by atoms with Gasteiger partial charge in [-0.1, -0.05) is 25.3 Å². The van der Waals surface area contributed by atoms with E-state index < -0.39 is 0 Å². The van der Waals surface area contributed by atoms with Crippen molar-refractivity contribution in [2.45, 2.75) is 38.1 Å². The van der Waals surface area contributed by atoms with Gasteiger partial charge in [0.1, 0.15) is 5.75 Å². The van der Waals surface area contributed by atoms with Crippen molar-refractivity contribution in [3.63, 3.8) is 0 Å². The van der Waals surface area contributed by atoms with Crippen molar-refractivity contribution in [2.75, 3.05) is 12.4 Å². The summed E-state index contributed by atoms with van der Waals surface area (Å²) in [5, 5.41) is 6.37. The molecule has 1 amide bonds. The van der Waals surface area contributed by atoms with Crippen LogP contribution in [0.15, 0.2) is 42.7 Å². The van der Waals surface area contributed by atoms with E-state index in [1.807, 2.05) is 30.3 Å². The molecule has 0 unspecified atom stereocenters. The number of benzene rings is 1. The van der Waals surface area contributed by atoms with Crippen LogP contribution in [0.1, 0.15) is 42.5 Å². The molecule has 0 atom stereocenters. The molecule has 1 heterocycles. The number of rotatable bonds is 5. The molecule has 24 heavy (non-hydrogen) atoms. The predicted octanol–water partition coefficient (Wildman–Crippen LogP) is 3.90. The molecule has 0 spiro atoms. The Morgan fingerprint density at radius 1 is 1.12 bits per heavy atom. The van der Waals surface area contributed by atoms with Gasteiger partial charge in [-0.2, -0.15) is 0 Å². The van der Waals surface area contributed by atoms with Crippen LogP contribution in [0.5, 0.6) is 5.75 Å². The Kier molecular flexibility index (Phi) is 5.31. The number of aromatic nitrogens is 1. The molecule has 5 heteroatoms. The first-order valence-electron chi connectivity index (χ1n) is 8.41. The number of pyridine rings is 1. The third-order valence-electron chi connectivity index (χ3n) is 4.30. The Morgan fingerprint density at radius 2 is 1.96 bits per heavy atom. The molecular formula is C19H23N3O2. The molecule has 1 aliphatic rings. The van der Waals surface area contributed by atoms with Crippen LogP contribution in [-0.4, -0.2) is 24.0 Å². The lowest BCUT2D eigenvalue weighted by atomic mass is 9.95. The summed E-state index contributed by atoms with van der Waals surface area (Å²) >= 11 is 0. The van der Waals surface area contributed by atoms with Crippen LogP contribution in [0.4, 0.5) is 11.4 Å². The molecule has 1 aliphatic carbocycles. The van der Waals surface area contributed by atoms with E-state index in [-0.39, 0.29) is 5.91 Å². The van der Waals surface area contributed by atoms with Gasteiger partial charge in [-0.15, -0.1) is 0 Å². The summed E-state index contributed by atoms with van der Waals surface area (Å²) in [5.41, 5.74) is 2.24. The third kappa shape index (κ3) is 4.25. The van der Waals surface area contributed by atoms with Gasteiger partial charge in [0.05, 0.1) is 24.6 Å². The van der Waals surface area contributed by atoms with E-state index in [1.54, 1.807) is 19.5 Å². The number of anilines is 2. The molecule has 0 aliphatic heterocycles. The van der Waals surface area contributed by atoms with Crippen molar-refractivity contribution < 1.29 is 9.53 Å². The highest BCUT2D eigenvalue weighted by Crippen LogP contribution is 2.22. The van der Waals surface area contributed by atoms with Gasteiger partial charge < -0.3 is 15.4 Å². The Hall–Kier alpha value is -2.56. The summed E-state index contributed by atoms with van der Waals surface area (Å²) in [5.74, 6) is 0.725. The summed E-state index contributed by atoms with van der Waals surface area (Å²) in [7, 11) is 1.64. The monoisotopic (exact) mass is 325 g/mol. The van der Waals surface area contributed by atoms with Gasteiger partial charge in [-0.3, -0.25) is 9.78 Å². The highest BCUT2D eigenvalue weighted by molar-refractivity contribution is 5.95. The molecule has 1 aromatic heterocycles. The first kappa shape index (κ1) is 16.3. The van der Waals surface area contributed by atoms with Gasteiger partial charge in [0.25, 0.3) is 5.91 Å². The second-order valence-corrected chi connectivity index (χ2v) is 6.13. The summed E-state index contributed by atoms with van der Waals surface area (Å²) in [6, 6.07) is 9.75. The van der Waals surface area contributed by atoms with Crippen LogP contribution < -0.4 is 15.4 Å². The van der Waals surface area contributed by atoms with Crippen molar-refractivity contribution in [1.82, 2.24) is 10.3 Å². The van der Waals surface area contributed by atoms with Crippen LogP contribution in [0.3, 0.4) is 0 Å². The van der Waals surface area contributed by atoms with Gasteiger partial charge in [0.2, 0.25) is 0 Å². The van der Waals surface area contributed by atoms with Gasteiger partial charge in [0, 0.05) is 24.0 Å². The Labute approximate surface area is 142 Å². The first-order chi connectivity index (χ1) is 11.7. The number of hydrogen-bond acceptors (Lipinski definition) is 4. The number of nitrogens with one attached hydrogen (secondary N) is 2. The summed E-state index contributed by atoms with van der Waals surface area (Å²) in [6.45, 7) is 0. The molecule has 3 rings (SSSR count). The maximum Gasteiger partial charge on any atom is 0.253 e. The number of hydrogen-bond donors (Lipinski definition) is 2. The molecule has 0 saturated heterocycles. The molecule has 1 fully saturated rings. The van der Waals surface area contributed by atoms with Crippen molar-refractivity contribution in [3.05, 3.63) is 48.3 Å². The zero-order valence-corrected chi connectivity index (χ0v) is 13.9. The van der Waals surface area contributed by atoms with Gasteiger partial charge in [-0.25, -0.2) is 0 Å². The van der Waals surface area contributed by atoms with E-state index in [0.717, 1.165) is 30.0 Å². The summed E-state index contributed by atoms with van der Waals surface area (Å²) in [4.78, 5) is 16.6. The molecule has 1 saturated carbocycles. The van der Waals surface area contributed by atoms with Crippen LogP contribution in [0.25, 0.3) is 0 Å². The molecule has 1 aromatic carbocycles. The van der Waals surface area contributed by atoms with E-state index in [4.69, 9.17) is 4.74 Å². The second-order valence-electron chi connectivity index (χ2n) is 6.13. The van der Waals surface area contributed by atoms with E-state index >= 15 is 0 Å². The van der Waals surface area contributed by atoms with Crippen LogP contribution in [-0.2, 0) is 0 Å².